The van der Waals surface area contributed by atoms with Crippen LogP contribution in [0.4, 0.5) is 4.39 Å². The van der Waals surface area contributed by atoms with E-state index in [0.717, 1.165) is 25.0 Å². The van der Waals surface area contributed by atoms with Crippen LogP contribution in [0.5, 0.6) is 0 Å². The van der Waals surface area contributed by atoms with Crippen LogP contribution in [-0.2, 0) is 14.6 Å². The zero-order valence-corrected chi connectivity index (χ0v) is 16.2. The number of carbonyl (C=O) groups excluding carboxylic acids is 1. The molecule has 0 spiro atoms. The number of halogens is 2. The highest BCUT2D eigenvalue weighted by atomic mass is 35.5. The fourth-order valence-electron chi connectivity index (χ4n) is 3.19. The third-order valence-corrected chi connectivity index (χ3v) is 6.53. The summed E-state index contributed by atoms with van der Waals surface area (Å²) in [4.78, 5) is 14.4. The molecular formula is C17H26ClFN2O3S. The van der Waals surface area contributed by atoms with Crippen molar-refractivity contribution < 1.29 is 17.6 Å². The average molecular weight is 393 g/mol. The van der Waals surface area contributed by atoms with Crippen LogP contribution in [0.2, 0.25) is 0 Å². The number of nitrogens with zero attached hydrogens (tertiary/aromatic N) is 1. The summed E-state index contributed by atoms with van der Waals surface area (Å²) in [6.45, 7) is 4.75. The van der Waals surface area contributed by atoms with Gasteiger partial charge in [-0.2, -0.15) is 0 Å². The predicted octanol–water partition coefficient (Wildman–Crippen LogP) is 2.24. The summed E-state index contributed by atoms with van der Waals surface area (Å²) in [6.07, 6.45) is 1.75. The normalized spacial score (nSPS) is 22.2. The van der Waals surface area contributed by atoms with Crippen LogP contribution in [0.15, 0.2) is 29.2 Å². The third kappa shape index (κ3) is 5.39. The smallest absolute Gasteiger partial charge is 0.226 e. The molecule has 1 saturated heterocycles. The van der Waals surface area contributed by atoms with E-state index in [1.54, 1.807) is 11.8 Å². The van der Waals surface area contributed by atoms with E-state index in [1.807, 2.05) is 0 Å². The first-order valence-corrected chi connectivity index (χ1v) is 9.88. The Balaban J connectivity index is 0.00000312. The molecule has 0 aromatic heterocycles. The lowest BCUT2D eigenvalue weighted by Gasteiger charge is -2.39. The summed E-state index contributed by atoms with van der Waals surface area (Å²) in [5.41, 5.74) is 5.78. The molecule has 1 heterocycles. The highest BCUT2D eigenvalue weighted by Crippen LogP contribution is 2.24. The number of nitrogens with two attached hydrogens (primary N) is 1. The van der Waals surface area contributed by atoms with Gasteiger partial charge in [0, 0.05) is 25.0 Å². The molecule has 0 saturated carbocycles. The zero-order valence-electron chi connectivity index (χ0n) is 14.5. The van der Waals surface area contributed by atoms with Crippen LogP contribution in [0.25, 0.3) is 0 Å². The predicted molar refractivity (Wildman–Crippen MR) is 97.8 cm³/mol. The van der Waals surface area contributed by atoms with Gasteiger partial charge < -0.3 is 10.6 Å². The van der Waals surface area contributed by atoms with Crippen molar-refractivity contribution in [3.8, 4) is 0 Å². The lowest BCUT2D eigenvalue weighted by molar-refractivity contribution is -0.138. The van der Waals surface area contributed by atoms with E-state index >= 15 is 0 Å². The largest absolute Gasteiger partial charge is 0.338 e. The molecule has 0 bridgehead atoms. The lowest BCUT2D eigenvalue weighted by atomic mass is 9.91. The number of hydrogen-bond acceptors (Lipinski definition) is 4. The van der Waals surface area contributed by atoms with Crippen molar-refractivity contribution in [1.29, 1.82) is 0 Å². The molecule has 8 heteroatoms. The van der Waals surface area contributed by atoms with Crippen LogP contribution in [0, 0.1) is 17.7 Å². The molecule has 3 atom stereocenters. The van der Waals surface area contributed by atoms with Gasteiger partial charge in [-0.3, -0.25) is 4.79 Å². The van der Waals surface area contributed by atoms with Crippen molar-refractivity contribution in [1.82, 2.24) is 4.90 Å². The maximum Gasteiger partial charge on any atom is 0.226 e. The molecule has 0 aliphatic carbocycles. The summed E-state index contributed by atoms with van der Waals surface area (Å²) < 4.78 is 37.8. The molecule has 142 valence electrons. The first-order valence-electron chi connectivity index (χ1n) is 8.23. The van der Waals surface area contributed by atoms with Crippen LogP contribution in [0.1, 0.15) is 26.7 Å². The summed E-state index contributed by atoms with van der Waals surface area (Å²) in [5.74, 6) is -1.11. The van der Waals surface area contributed by atoms with Gasteiger partial charge in [-0.05, 0) is 43.0 Å². The molecule has 3 unspecified atom stereocenters. The van der Waals surface area contributed by atoms with Gasteiger partial charge in [-0.1, -0.05) is 13.8 Å². The molecule has 1 fully saturated rings. The zero-order chi connectivity index (χ0) is 17.9. The number of benzene rings is 1. The molecule has 5 nitrogen and oxygen atoms in total. The molecule has 2 N–H and O–H groups in total. The van der Waals surface area contributed by atoms with Gasteiger partial charge in [0.25, 0.3) is 0 Å². The molecule has 25 heavy (non-hydrogen) atoms. The van der Waals surface area contributed by atoms with Gasteiger partial charge in [-0.15, -0.1) is 12.4 Å². The van der Waals surface area contributed by atoms with E-state index in [9.17, 15) is 17.6 Å². The van der Waals surface area contributed by atoms with Crippen molar-refractivity contribution in [2.24, 2.45) is 17.6 Å². The Morgan fingerprint density at radius 3 is 2.52 bits per heavy atom. The topological polar surface area (TPSA) is 80.5 Å². The SMILES string of the molecule is CC1CCN(C(=O)C(C)CS(=O)(=O)c2ccc(F)cc2)C(CN)C1.Cl. The molecule has 1 aliphatic heterocycles. The number of sulfone groups is 1. The first kappa shape index (κ1) is 21.9. The Labute approximate surface area is 155 Å². The number of hydrogen-bond donors (Lipinski definition) is 1. The minimum atomic E-state index is -3.64. The fraction of sp³-hybridized carbons (Fsp3) is 0.588. The molecule has 1 aliphatic rings. The number of rotatable bonds is 5. The van der Waals surface area contributed by atoms with Gasteiger partial charge >= 0.3 is 0 Å². The Morgan fingerprint density at radius 2 is 1.96 bits per heavy atom. The Kier molecular flexibility index (Phi) is 7.84. The average Bonchev–Trinajstić information content (AvgIpc) is 2.54. The summed E-state index contributed by atoms with van der Waals surface area (Å²) in [7, 11) is -3.64. The van der Waals surface area contributed by atoms with E-state index in [1.165, 1.54) is 12.1 Å². The van der Waals surface area contributed by atoms with Crippen molar-refractivity contribution in [3.05, 3.63) is 30.1 Å². The Hall–Kier alpha value is -1.18. The Morgan fingerprint density at radius 1 is 1.36 bits per heavy atom. The van der Waals surface area contributed by atoms with E-state index in [0.29, 0.717) is 19.0 Å². The Bertz CT molecular complexity index is 682. The molecule has 1 aromatic carbocycles. The molecular weight excluding hydrogens is 367 g/mol. The number of carbonyl (C=O) groups is 1. The van der Waals surface area contributed by atoms with Gasteiger partial charge in [0.05, 0.1) is 10.6 Å². The van der Waals surface area contributed by atoms with Gasteiger partial charge in [0.1, 0.15) is 5.82 Å². The van der Waals surface area contributed by atoms with E-state index in [2.05, 4.69) is 6.92 Å². The van der Waals surface area contributed by atoms with Crippen molar-refractivity contribution >= 4 is 28.2 Å². The highest BCUT2D eigenvalue weighted by Gasteiger charge is 2.33. The monoisotopic (exact) mass is 392 g/mol. The number of amides is 1. The summed E-state index contributed by atoms with van der Waals surface area (Å²) in [6, 6.07) is 4.64. The molecule has 1 aromatic rings. The maximum absolute atomic E-state index is 13.0. The minimum absolute atomic E-state index is 0. The van der Waals surface area contributed by atoms with Crippen molar-refractivity contribution in [3.63, 3.8) is 0 Å². The number of piperidine rings is 1. The fourth-order valence-corrected chi connectivity index (χ4v) is 4.73. The highest BCUT2D eigenvalue weighted by molar-refractivity contribution is 7.91. The minimum Gasteiger partial charge on any atom is -0.338 e. The van der Waals surface area contributed by atoms with Crippen LogP contribution in [0.3, 0.4) is 0 Å². The second-order valence-electron chi connectivity index (χ2n) is 6.69. The molecule has 2 rings (SSSR count). The summed E-state index contributed by atoms with van der Waals surface area (Å²) >= 11 is 0. The quantitative estimate of drug-likeness (QED) is 0.779. The van der Waals surface area contributed by atoms with E-state index < -0.39 is 21.6 Å². The van der Waals surface area contributed by atoms with Gasteiger partial charge in [-0.25, -0.2) is 12.8 Å². The maximum atomic E-state index is 13.0. The van der Waals surface area contributed by atoms with Crippen LogP contribution in [-0.4, -0.2) is 44.1 Å². The third-order valence-electron chi connectivity index (χ3n) is 4.60. The standard InChI is InChI=1S/C17H25FN2O3S.ClH/c1-12-7-8-20(15(9-12)10-19)17(21)13(2)11-24(22,23)16-5-3-14(18)4-6-16;/h3-6,12-13,15H,7-11,19H2,1-2H3;1H. The molecule has 1 amide bonds. The molecule has 0 radical (unpaired) electrons. The lowest BCUT2D eigenvalue weighted by Crippen LogP contribution is -2.51. The van der Waals surface area contributed by atoms with Crippen LogP contribution < -0.4 is 5.73 Å². The van der Waals surface area contributed by atoms with E-state index in [4.69, 9.17) is 5.73 Å². The van der Waals surface area contributed by atoms with Crippen molar-refractivity contribution in [2.45, 2.75) is 37.6 Å². The van der Waals surface area contributed by atoms with Gasteiger partial charge in [0.15, 0.2) is 9.84 Å². The number of likely N-dealkylation sites (tertiary alicyclic amines) is 1. The van der Waals surface area contributed by atoms with Crippen LogP contribution >= 0.6 is 12.4 Å². The second kappa shape index (κ2) is 8.96. The second-order valence-corrected chi connectivity index (χ2v) is 8.72. The van der Waals surface area contributed by atoms with Crippen molar-refractivity contribution in [2.75, 3.05) is 18.8 Å². The summed E-state index contributed by atoms with van der Waals surface area (Å²) in [5, 5.41) is 0. The van der Waals surface area contributed by atoms with E-state index in [-0.39, 0.29) is 35.0 Å². The first-order chi connectivity index (χ1) is 11.2. The van der Waals surface area contributed by atoms with Gasteiger partial charge in [0.2, 0.25) is 5.91 Å².